The van der Waals surface area contributed by atoms with Crippen molar-refractivity contribution in [3.05, 3.63) is 35.6 Å². The molecule has 5 nitrogen and oxygen atoms in total. The first-order valence-corrected chi connectivity index (χ1v) is 4.65. The Morgan fingerprint density at radius 1 is 1.56 bits per heavy atom. The summed E-state index contributed by atoms with van der Waals surface area (Å²) in [5.41, 5.74) is 0.603. The third-order valence-corrected chi connectivity index (χ3v) is 2.26. The lowest BCUT2D eigenvalue weighted by Crippen LogP contribution is -2.31. The molecule has 0 fully saturated rings. The average Bonchev–Trinajstić information content (AvgIpc) is 2.27. The Morgan fingerprint density at radius 3 is 2.75 bits per heavy atom. The van der Waals surface area contributed by atoms with Gasteiger partial charge in [-0.3, -0.25) is 0 Å². The van der Waals surface area contributed by atoms with E-state index in [0.717, 1.165) is 6.08 Å². The lowest BCUT2D eigenvalue weighted by atomic mass is 9.99. The van der Waals surface area contributed by atoms with Crippen LogP contribution in [0.15, 0.2) is 35.6 Å². The van der Waals surface area contributed by atoms with Gasteiger partial charge in [-0.25, -0.2) is 4.79 Å². The predicted octanol–water partition coefficient (Wildman–Crippen LogP) is 0.823. The second-order valence-electron chi connectivity index (χ2n) is 3.31. The van der Waals surface area contributed by atoms with Gasteiger partial charge < -0.3 is 19.7 Å². The van der Waals surface area contributed by atoms with Crippen molar-refractivity contribution in [2.45, 2.75) is 12.2 Å². The normalized spacial score (nSPS) is 25.2. The smallest absolute Gasteiger partial charge is 0.328 e. The van der Waals surface area contributed by atoms with Gasteiger partial charge in [0.1, 0.15) is 5.76 Å². The molecule has 1 aliphatic rings. The van der Waals surface area contributed by atoms with Crippen LogP contribution in [0, 0.1) is 0 Å². The number of hydrogen-bond acceptors (Lipinski definition) is 4. The molecule has 0 bridgehead atoms. The summed E-state index contributed by atoms with van der Waals surface area (Å²) in [6.07, 6.45) is 5.58. The topological polar surface area (TPSA) is 76.0 Å². The molecule has 0 saturated heterocycles. The maximum atomic E-state index is 10.4. The van der Waals surface area contributed by atoms with E-state index in [0.29, 0.717) is 11.3 Å². The van der Waals surface area contributed by atoms with Gasteiger partial charge in [0.05, 0.1) is 13.5 Å². The zero-order valence-corrected chi connectivity index (χ0v) is 9.14. The highest BCUT2D eigenvalue weighted by atomic mass is 16.6. The molecule has 0 radical (unpaired) electrons. The molecule has 0 saturated carbocycles. The fourth-order valence-electron chi connectivity index (χ4n) is 1.34. The van der Waals surface area contributed by atoms with Gasteiger partial charge in [0, 0.05) is 18.8 Å². The Hall–Kier alpha value is -1.59. The summed E-state index contributed by atoms with van der Waals surface area (Å²) < 4.78 is 9.98. The van der Waals surface area contributed by atoms with Gasteiger partial charge in [-0.05, 0) is 12.2 Å². The number of ether oxygens (including phenoxy) is 2. The number of carboxylic acid groups (broad SMARTS) is 1. The van der Waals surface area contributed by atoms with E-state index in [1.807, 2.05) is 0 Å². The van der Waals surface area contributed by atoms with Gasteiger partial charge in [0.15, 0.2) is 5.79 Å². The fraction of sp³-hybridized carbons (Fsp3) is 0.364. The van der Waals surface area contributed by atoms with E-state index in [4.69, 9.17) is 14.6 Å². The van der Waals surface area contributed by atoms with E-state index < -0.39 is 11.8 Å². The van der Waals surface area contributed by atoms with Crippen LogP contribution in [0.5, 0.6) is 0 Å². The largest absolute Gasteiger partial charge is 0.500 e. The Morgan fingerprint density at radius 2 is 2.25 bits per heavy atom. The minimum Gasteiger partial charge on any atom is -0.500 e. The second kappa shape index (κ2) is 4.96. The Kier molecular flexibility index (Phi) is 3.87. The molecule has 16 heavy (non-hydrogen) atoms. The van der Waals surface area contributed by atoms with Gasteiger partial charge in [-0.15, -0.1) is 0 Å². The van der Waals surface area contributed by atoms with Crippen LogP contribution in [0.25, 0.3) is 0 Å². The molecule has 0 aliphatic heterocycles. The molecule has 0 amide bonds. The van der Waals surface area contributed by atoms with Gasteiger partial charge in [0.25, 0.3) is 0 Å². The van der Waals surface area contributed by atoms with Crippen LogP contribution in [0.2, 0.25) is 0 Å². The summed E-state index contributed by atoms with van der Waals surface area (Å²) in [6, 6.07) is 0. The minimum atomic E-state index is -1.38. The van der Waals surface area contributed by atoms with Crippen LogP contribution >= 0.6 is 0 Å². The molecule has 1 atom stereocenters. The summed E-state index contributed by atoms with van der Waals surface area (Å²) in [6.45, 7) is 0. The first-order valence-electron chi connectivity index (χ1n) is 4.65. The van der Waals surface area contributed by atoms with Gasteiger partial charge >= 0.3 is 5.97 Å². The number of allylic oxidation sites excluding steroid dienone is 3. The van der Waals surface area contributed by atoms with E-state index in [-0.39, 0.29) is 6.42 Å². The van der Waals surface area contributed by atoms with E-state index >= 15 is 0 Å². The Balaban J connectivity index is 2.92. The summed E-state index contributed by atoms with van der Waals surface area (Å²) >= 11 is 0. The lowest BCUT2D eigenvalue weighted by Gasteiger charge is -2.27. The number of carbonyl (C=O) groups is 1. The average molecular weight is 226 g/mol. The Bertz CT molecular complexity index is 367. The van der Waals surface area contributed by atoms with Crippen molar-refractivity contribution in [3.8, 4) is 0 Å². The zero-order chi connectivity index (χ0) is 12.2. The number of aliphatic carboxylic acids is 1. The molecule has 88 valence electrons. The quantitative estimate of drug-likeness (QED) is 0.548. The van der Waals surface area contributed by atoms with Crippen molar-refractivity contribution in [1.82, 2.24) is 0 Å². The van der Waals surface area contributed by atoms with Crippen LogP contribution in [0.3, 0.4) is 0 Å². The van der Waals surface area contributed by atoms with Crippen molar-refractivity contribution in [3.63, 3.8) is 0 Å². The summed E-state index contributed by atoms with van der Waals surface area (Å²) in [7, 11) is 2.84. The first-order chi connectivity index (χ1) is 7.50. The zero-order valence-electron chi connectivity index (χ0n) is 9.14. The van der Waals surface area contributed by atoms with E-state index in [1.54, 1.807) is 6.08 Å². The Labute approximate surface area is 93.3 Å². The van der Waals surface area contributed by atoms with E-state index in [1.165, 1.54) is 26.4 Å². The van der Waals surface area contributed by atoms with Crippen LogP contribution in [0.4, 0.5) is 0 Å². The van der Waals surface area contributed by atoms with Crippen molar-refractivity contribution >= 4 is 5.97 Å². The standard InChI is InChI=1S/C11H14O5/c1-15-9-7-11(14,16-2)6-5-8(9)3-4-10(12)13/h3-6,14H,7H2,1-2H3,(H,12,13). The number of methoxy groups -OCH3 is 2. The molecule has 0 heterocycles. The highest BCUT2D eigenvalue weighted by Crippen LogP contribution is 2.28. The highest BCUT2D eigenvalue weighted by Gasteiger charge is 2.29. The van der Waals surface area contributed by atoms with Crippen molar-refractivity contribution < 1.29 is 24.5 Å². The predicted molar refractivity (Wildman–Crippen MR) is 56.5 cm³/mol. The molecular weight excluding hydrogens is 212 g/mol. The summed E-state index contributed by atoms with van der Waals surface area (Å²) in [5, 5.41) is 18.3. The van der Waals surface area contributed by atoms with Crippen molar-refractivity contribution in [2.24, 2.45) is 0 Å². The highest BCUT2D eigenvalue weighted by molar-refractivity contribution is 5.80. The monoisotopic (exact) mass is 226 g/mol. The van der Waals surface area contributed by atoms with Gasteiger partial charge in [-0.2, -0.15) is 0 Å². The molecule has 0 aromatic rings. The molecule has 0 aromatic carbocycles. The van der Waals surface area contributed by atoms with E-state index in [9.17, 15) is 9.90 Å². The molecule has 0 aromatic heterocycles. The summed E-state index contributed by atoms with van der Waals surface area (Å²) in [5.74, 6) is -1.94. The van der Waals surface area contributed by atoms with Crippen LogP contribution < -0.4 is 0 Å². The number of carboxylic acids is 1. The molecular formula is C11H14O5. The third-order valence-electron chi connectivity index (χ3n) is 2.26. The number of rotatable bonds is 4. The van der Waals surface area contributed by atoms with Crippen LogP contribution in [0.1, 0.15) is 6.42 Å². The minimum absolute atomic E-state index is 0.149. The maximum absolute atomic E-state index is 10.4. The molecule has 1 rings (SSSR count). The van der Waals surface area contributed by atoms with Crippen molar-refractivity contribution in [1.29, 1.82) is 0 Å². The van der Waals surface area contributed by atoms with Gasteiger partial charge in [-0.1, -0.05) is 6.08 Å². The second-order valence-corrected chi connectivity index (χ2v) is 3.31. The van der Waals surface area contributed by atoms with Crippen molar-refractivity contribution in [2.75, 3.05) is 14.2 Å². The molecule has 2 N–H and O–H groups in total. The van der Waals surface area contributed by atoms with Crippen LogP contribution in [-0.2, 0) is 14.3 Å². The maximum Gasteiger partial charge on any atom is 0.328 e. The lowest BCUT2D eigenvalue weighted by molar-refractivity contribution is -0.150. The van der Waals surface area contributed by atoms with E-state index in [2.05, 4.69) is 0 Å². The fourth-order valence-corrected chi connectivity index (χ4v) is 1.34. The molecule has 1 aliphatic carbocycles. The molecule has 0 spiro atoms. The van der Waals surface area contributed by atoms with Crippen LogP contribution in [-0.4, -0.2) is 36.2 Å². The molecule has 1 unspecified atom stereocenters. The third kappa shape index (κ3) is 2.95. The first kappa shape index (κ1) is 12.5. The molecule has 5 heteroatoms. The number of hydrogen-bond donors (Lipinski definition) is 2. The number of aliphatic hydroxyl groups is 1. The SMILES string of the molecule is COC1=C(C=CC(=O)O)C=CC(O)(OC)C1. The van der Waals surface area contributed by atoms with Gasteiger partial charge in [0.2, 0.25) is 0 Å². The summed E-state index contributed by atoms with van der Waals surface area (Å²) in [4.78, 5) is 10.4.